The summed E-state index contributed by atoms with van der Waals surface area (Å²) in [5.41, 5.74) is 0. The van der Waals surface area contributed by atoms with Crippen molar-refractivity contribution in [3.63, 3.8) is 0 Å². The molecule has 11 heteroatoms. The predicted molar refractivity (Wildman–Crippen MR) is 68.6 cm³/mol. The molecule has 0 spiro atoms. The van der Waals surface area contributed by atoms with E-state index in [-0.39, 0.29) is 0 Å². The Balaban J connectivity index is 2.11. The molecule has 2 fully saturated rings. The second kappa shape index (κ2) is 7.63. The molecule has 0 unspecified atom stereocenters. The normalized spacial score (nSPS) is 51.7. The van der Waals surface area contributed by atoms with Gasteiger partial charge < -0.3 is 55.1 Å². The first-order chi connectivity index (χ1) is 10.8. The van der Waals surface area contributed by atoms with Gasteiger partial charge in [-0.2, -0.15) is 0 Å². The standard InChI is InChI=1S/C12H22O11/c13-1-3-5(15)6(16)9(19)12(22-3)23-10-4(2-14)21-11(20)8(18)7(10)17/h3-20H,1-2H2/t3-,4-,5+,6-,7+,8+,9+,10+,11+,12-/m0/s1. The van der Waals surface area contributed by atoms with Gasteiger partial charge in [-0.25, -0.2) is 0 Å². The zero-order valence-electron chi connectivity index (χ0n) is 12.0. The minimum absolute atomic E-state index is 0.667. The van der Waals surface area contributed by atoms with Crippen molar-refractivity contribution in [2.45, 2.75) is 61.4 Å². The average molecular weight is 342 g/mol. The molecule has 10 atom stereocenters. The molecule has 2 rings (SSSR count). The number of hydrogen-bond donors (Lipinski definition) is 8. The molecule has 8 N–H and O–H groups in total. The summed E-state index contributed by atoms with van der Waals surface area (Å²) in [4.78, 5) is 0. The fraction of sp³-hybridized carbons (Fsp3) is 1.00. The molecule has 0 aromatic rings. The summed E-state index contributed by atoms with van der Waals surface area (Å²) >= 11 is 0. The topological polar surface area (TPSA) is 190 Å². The van der Waals surface area contributed by atoms with Gasteiger partial charge in [0.2, 0.25) is 0 Å². The van der Waals surface area contributed by atoms with E-state index in [1.54, 1.807) is 0 Å². The molecule has 136 valence electrons. The Kier molecular flexibility index (Phi) is 6.27. The van der Waals surface area contributed by atoms with Gasteiger partial charge in [0, 0.05) is 0 Å². The third-order valence-corrected chi connectivity index (χ3v) is 3.98. The third-order valence-electron chi connectivity index (χ3n) is 3.98. The van der Waals surface area contributed by atoms with E-state index in [1.807, 2.05) is 0 Å². The molecule has 23 heavy (non-hydrogen) atoms. The smallest absolute Gasteiger partial charge is 0.187 e. The maximum absolute atomic E-state index is 9.94. The van der Waals surface area contributed by atoms with Crippen LogP contribution in [0.1, 0.15) is 0 Å². The van der Waals surface area contributed by atoms with E-state index in [2.05, 4.69) is 0 Å². The Morgan fingerprint density at radius 2 is 1.26 bits per heavy atom. The molecule has 2 saturated heterocycles. The van der Waals surface area contributed by atoms with E-state index < -0.39 is 74.6 Å². The maximum atomic E-state index is 9.94. The first kappa shape index (κ1) is 18.9. The lowest BCUT2D eigenvalue weighted by Crippen LogP contribution is -2.64. The summed E-state index contributed by atoms with van der Waals surface area (Å²) in [6, 6.07) is 0. The molecule has 0 radical (unpaired) electrons. The molecule has 2 aliphatic heterocycles. The van der Waals surface area contributed by atoms with Crippen molar-refractivity contribution in [2.24, 2.45) is 0 Å². The number of aliphatic hydroxyl groups is 8. The highest BCUT2D eigenvalue weighted by Gasteiger charge is 2.50. The van der Waals surface area contributed by atoms with Crippen molar-refractivity contribution in [1.82, 2.24) is 0 Å². The molecule has 0 aromatic heterocycles. The lowest BCUT2D eigenvalue weighted by atomic mass is 9.97. The van der Waals surface area contributed by atoms with Crippen LogP contribution in [0.2, 0.25) is 0 Å². The van der Waals surface area contributed by atoms with E-state index in [0.29, 0.717) is 0 Å². The molecule has 0 aliphatic carbocycles. The van der Waals surface area contributed by atoms with Gasteiger partial charge in [-0.3, -0.25) is 0 Å². The Bertz CT molecular complexity index is 378. The van der Waals surface area contributed by atoms with Crippen LogP contribution in [-0.4, -0.2) is 115 Å². The second-order valence-electron chi connectivity index (χ2n) is 5.53. The average Bonchev–Trinajstić information content (AvgIpc) is 2.55. The van der Waals surface area contributed by atoms with Crippen molar-refractivity contribution >= 4 is 0 Å². The summed E-state index contributed by atoms with van der Waals surface area (Å²) in [6.45, 7) is -1.35. The Morgan fingerprint density at radius 1 is 0.652 bits per heavy atom. The number of aliphatic hydroxyl groups excluding tert-OH is 8. The highest BCUT2D eigenvalue weighted by molar-refractivity contribution is 4.93. The fourth-order valence-electron chi connectivity index (χ4n) is 2.57. The van der Waals surface area contributed by atoms with E-state index in [9.17, 15) is 35.7 Å². The summed E-state index contributed by atoms with van der Waals surface area (Å²) in [5, 5.41) is 76.5. The molecule has 0 aromatic carbocycles. The van der Waals surface area contributed by atoms with Gasteiger partial charge in [-0.15, -0.1) is 0 Å². The number of ether oxygens (including phenoxy) is 3. The molecular formula is C12H22O11. The van der Waals surface area contributed by atoms with Gasteiger partial charge in [0.1, 0.15) is 48.8 Å². The van der Waals surface area contributed by atoms with Crippen molar-refractivity contribution in [3.05, 3.63) is 0 Å². The van der Waals surface area contributed by atoms with E-state index in [0.717, 1.165) is 0 Å². The van der Waals surface area contributed by atoms with Crippen LogP contribution in [0.25, 0.3) is 0 Å². The van der Waals surface area contributed by atoms with Crippen molar-refractivity contribution in [2.75, 3.05) is 13.2 Å². The largest absolute Gasteiger partial charge is 0.394 e. The SMILES string of the molecule is OC[C@@H]1O[C@@H](O[C@H]2[C@H](O)[C@@H](O)[C@H](O)O[C@H]2CO)[C@H](O)[C@@H](O)[C@@H]1O. The second-order valence-corrected chi connectivity index (χ2v) is 5.53. The third kappa shape index (κ3) is 3.65. The quantitative estimate of drug-likeness (QED) is 0.243. The number of rotatable bonds is 4. The van der Waals surface area contributed by atoms with Crippen molar-refractivity contribution < 1.29 is 55.1 Å². The molecule has 0 bridgehead atoms. The van der Waals surface area contributed by atoms with Gasteiger partial charge in [0.25, 0.3) is 0 Å². The summed E-state index contributed by atoms with van der Waals surface area (Å²) in [7, 11) is 0. The Labute approximate surface area is 130 Å². The van der Waals surface area contributed by atoms with Crippen molar-refractivity contribution in [3.8, 4) is 0 Å². The highest BCUT2D eigenvalue weighted by Crippen LogP contribution is 2.28. The lowest BCUT2D eigenvalue weighted by molar-refractivity contribution is -0.355. The first-order valence-electron chi connectivity index (χ1n) is 7.08. The summed E-state index contributed by atoms with van der Waals surface area (Å²) in [6.07, 6.45) is -15.6. The monoisotopic (exact) mass is 342 g/mol. The molecule has 0 saturated carbocycles. The van der Waals surface area contributed by atoms with Crippen LogP contribution in [0.4, 0.5) is 0 Å². The molecule has 11 nitrogen and oxygen atoms in total. The van der Waals surface area contributed by atoms with Crippen LogP contribution in [0.15, 0.2) is 0 Å². The van der Waals surface area contributed by atoms with Gasteiger partial charge in [0.15, 0.2) is 12.6 Å². The Morgan fingerprint density at radius 3 is 1.83 bits per heavy atom. The minimum Gasteiger partial charge on any atom is -0.394 e. The van der Waals surface area contributed by atoms with Crippen LogP contribution in [0.5, 0.6) is 0 Å². The fourth-order valence-corrected chi connectivity index (χ4v) is 2.57. The predicted octanol–water partition coefficient (Wildman–Crippen LogP) is -5.40. The van der Waals surface area contributed by atoms with E-state index >= 15 is 0 Å². The first-order valence-corrected chi connectivity index (χ1v) is 7.08. The highest BCUT2D eigenvalue weighted by atomic mass is 16.7. The molecule has 2 heterocycles. The van der Waals surface area contributed by atoms with Gasteiger partial charge in [0.05, 0.1) is 13.2 Å². The summed E-state index contributed by atoms with van der Waals surface area (Å²) < 4.78 is 15.3. The number of hydrogen-bond acceptors (Lipinski definition) is 11. The molecule has 0 amide bonds. The summed E-state index contributed by atoms with van der Waals surface area (Å²) in [5.74, 6) is 0. The van der Waals surface area contributed by atoms with Gasteiger partial charge in [-0.1, -0.05) is 0 Å². The van der Waals surface area contributed by atoms with E-state index in [1.165, 1.54) is 0 Å². The lowest BCUT2D eigenvalue weighted by Gasteiger charge is -2.45. The molecular weight excluding hydrogens is 320 g/mol. The van der Waals surface area contributed by atoms with Gasteiger partial charge in [-0.05, 0) is 0 Å². The minimum atomic E-state index is -1.74. The van der Waals surface area contributed by atoms with Crippen LogP contribution < -0.4 is 0 Å². The van der Waals surface area contributed by atoms with Crippen LogP contribution in [-0.2, 0) is 14.2 Å². The zero-order valence-corrected chi connectivity index (χ0v) is 12.0. The van der Waals surface area contributed by atoms with Crippen molar-refractivity contribution in [1.29, 1.82) is 0 Å². The van der Waals surface area contributed by atoms with Crippen LogP contribution in [0.3, 0.4) is 0 Å². The maximum Gasteiger partial charge on any atom is 0.187 e. The Hall–Kier alpha value is -0.440. The van der Waals surface area contributed by atoms with E-state index in [4.69, 9.17) is 19.3 Å². The van der Waals surface area contributed by atoms with Crippen LogP contribution in [0, 0.1) is 0 Å². The van der Waals surface area contributed by atoms with Crippen LogP contribution >= 0.6 is 0 Å². The molecule has 2 aliphatic rings. The van der Waals surface area contributed by atoms with Gasteiger partial charge >= 0.3 is 0 Å². The zero-order chi connectivity index (χ0) is 17.3.